The van der Waals surface area contributed by atoms with Crippen LogP contribution in [0.5, 0.6) is 5.75 Å². The van der Waals surface area contributed by atoms with Crippen molar-refractivity contribution in [3.63, 3.8) is 0 Å². The molecule has 0 N–H and O–H groups in total. The monoisotopic (exact) mass is 321 g/mol. The van der Waals surface area contributed by atoms with Crippen molar-refractivity contribution in [2.75, 3.05) is 26.3 Å². The van der Waals surface area contributed by atoms with Crippen LogP contribution in [0, 0.1) is 0 Å². The molecular formula is C16H19NO6. The van der Waals surface area contributed by atoms with Crippen molar-refractivity contribution < 1.29 is 28.6 Å². The van der Waals surface area contributed by atoms with Crippen molar-refractivity contribution in [1.29, 1.82) is 0 Å². The quantitative estimate of drug-likeness (QED) is 0.319. The van der Waals surface area contributed by atoms with Crippen LogP contribution < -0.4 is 4.74 Å². The molecule has 0 bridgehead atoms. The predicted octanol–water partition coefficient (Wildman–Crippen LogP) is 0.904. The summed E-state index contributed by atoms with van der Waals surface area (Å²) >= 11 is 0. The summed E-state index contributed by atoms with van der Waals surface area (Å²) < 4.78 is 14.5. The zero-order valence-corrected chi connectivity index (χ0v) is 12.7. The van der Waals surface area contributed by atoms with Gasteiger partial charge in [0.05, 0.1) is 26.1 Å². The predicted molar refractivity (Wildman–Crippen MR) is 79.6 cm³/mol. The molecule has 0 atom stereocenters. The number of morpholine rings is 1. The second-order valence-electron chi connectivity index (χ2n) is 5.09. The maximum atomic E-state index is 11.6. The van der Waals surface area contributed by atoms with Crippen LogP contribution in [0.15, 0.2) is 24.3 Å². The third-order valence-electron chi connectivity index (χ3n) is 3.38. The second kappa shape index (κ2) is 9.02. The molecule has 0 saturated carbocycles. The zero-order valence-electron chi connectivity index (χ0n) is 12.7. The number of benzene rings is 1. The molecule has 1 heterocycles. The molecule has 1 aromatic rings. The Labute approximate surface area is 134 Å². The first kappa shape index (κ1) is 17.1. The molecular weight excluding hydrogens is 302 g/mol. The lowest BCUT2D eigenvalue weighted by atomic mass is 10.2. The standard InChI is InChI=1S/C16H19NO6/c18-12-22-15(19)5-6-16(20)23-14-3-1-13(2-4-14)11-17-7-9-21-10-8-17/h1-4,12H,5-11H2. The van der Waals surface area contributed by atoms with Crippen LogP contribution >= 0.6 is 0 Å². The third-order valence-corrected chi connectivity index (χ3v) is 3.38. The minimum atomic E-state index is -0.752. The minimum absolute atomic E-state index is 0.0425. The van der Waals surface area contributed by atoms with Crippen LogP contribution in [0.1, 0.15) is 18.4 Å². The van der Waals surface area contributed by atoms with Crippen molar-refractivity contribution in [3.05, 3.63) is 29.8 Å². The molecule has 1 aliphatic rings. The van der Waals surface area contributed by atoms with Gasteiger partial charge in [0.1, 0.15) is 5.75 Å². The fraction of sp³-hybridized carbons (Fsp3) is 0.438. The lowest BCUT2D eigenvalue weighted by Gasteiger charge is -2.26. The Bertz CT molecular complexity index is 536. The summed E-state index contributed by atoms with van der Waals surface area (Å²) in [5.41, 5.74) is 1.13. The van der Waals surface area contributed by atoms with Gasteiger partial charge < -0.3 is 14.2 Å². The highest BCUT2D eigenvalue weighted by Crippen LogP contribution is 2.15. The Balaban J connectivity index is 1.76. The van der Waals surface area contributed by atoms with E-state index in [4.69, 9.17) is 9.47 Å². The molecule has 1 aliphatic heterocycles. The van der Waals surface area contributed by atoms with Crippen LogP contribution in [-0.2, 0) is 30.4 Å². The van der Waals surface area contributed by atoms with Crippen LogP contribution in [0.4, 0.5) is 0 Å². The summed E-state index contributed by atoms with van der Waals surface area (Å²) in [4.78, 5) is 34.8. The summed E-state index contributed by atoms with van der Waals surface area (Å²) in [6.07, 6.45) is -0.325. The molecule has 2 rings (SSSR count). The first-order valence-electron chi connectivity index (χ1n) is 7.40. The van der Waals surface area contributed by atoms with Gasteiger partial charge in [-0.25, -0.2) is 0 Å². The van der Waals surface area contributed by atoms with Crippen LogP contribution in [-0.4, -0.2) is 49.6 Å². The number of nitrogens with zero attached hydrogens (tertiary/aromatic N) is 1. The number of hydrogen-bond donors (Lipinski definition) is 0. The van der Waals surface area contributed by atoms with E-state index in [-0.39, 0.29) is 19.3 Å². The van der Waals surface area contributed by atoms with Gasteiger partial charge in [-0.2, -0.15) is 0 Å². The van der Waals surface area contributed by atoms with E-state index in [9.17, 15) is 14.4 Å². The topological polar surface area (TPSA) is 82.1 Å². The lowest BCUT2D eigenvalue weighted by molar-refractivity contribution is -0.153. The Morgan fingerprint density at radius 3 is 2.39 bits per heavy atom. The van der Waals surface area contributed by atoms with E-state index in [0.717, 1.165) is 38.4 Å². The van der Waals surface area contributed by atoms with E-state index in [0.29, 0.717) is 5.75 Å². The number of carbonyl (C=O) groups excluding carboxylic acids is 3. The smallest absolute Gasteiger partial charge is 0.313 e. The van der Waals surface area contributed by atoms with Gasteiger partial charge in [-0.3, -0.25) is 19.3 Å². The van der Waals surface area contributed by atoms with Gasteiger partial charge in [0.15, 0.2) is 0 Å². The van der Waals surface area contributed by atoms with E-state index in [2.05, 4.69) is 9.64 Å². The molecule has 0 aromatic heterocycles. The van der Waals surface area contributed by atoms with Crippen molar-refractivity contribution in [3.8, 4) is 5.75 Å². The summed E-state index contributed by atoms with van der Waals surface area (Å²) in [5, 5.41) is 0. The average molecular weight is 321 g/mol. The normalized spacial score (nSPS) is 15.0. The van der Waals surface area contributed by atoms with Gasteiger partial charge >= 0.3 is 18.4 Å². The number of carbonyl (C=O) groups is 3. The molecule has 7 heteroatoms. The molecule has 7 nitrogen and oxygen atoms in total. The van der Waals surface area contributed by atoms with Gasteiger partial charge in [-0.1, -0.05) is 12.1 Å². The summed E-state index contributed by atoms with van der Waals surface area (Å²) in [6.45, 7) is 4.20. The van der Waals surface area contributed by atoms with E-state index < -0.39 is 11.9 Å². The molecule has 0 aliphatic carbocycles. The van der Waals surface area contributed by atoms with Crippen LogP contribution in [0.3, 0.4) is 0 Å². The molecule has 1 fully saturated rings. The Morgan fingerprint density at radius 1 is 1.09 bits per heavy atom. The second-order valence-corrected chi connectivity index (χ2v) is 5.09. The van der Waals surface area contributed by atoms with Gasteiger partial charge in [0, 0.05) is 19.6 Å². The summed E-state index contributed by atoms with van der Waals surface area (Å²) in [7, 11) is 0. The first-order chi connectivity index (χ1) is 11.2. The van der Waals surface area contributed by atoms with Crippen molar-refractivity contribution in [2.45, 2.75) is 19.4 Å². The highest BCUT2D eigenvalue weighted by atomic mass is 16.6. The Morgan fingerprint density at radius 2 is 1.74 bits per heavy atom. The van der Waals surface area contributed by atoms with Crippen molar-refractivity contribution in [1.82, 2.24) is 4.90 Å². The fourth-order valence-electron chi connectivity index (χ4n) is 2.18. The zero-order chi connectivity index (χ0) is 16.5. The Hall–Kier alpha value is -2.25. The molecule has 0 radical (unpaired) electrons. The highest BCUT2D eigenvalue weighted by molar-refractivity contribution is 5.81. The lowest BCUT2D eigenvalue weighted by Crippen LogP contribution is -2.35. The van der Waals surface area contributed by atoms with Crippen molar-refractivity contribution in [2.24, 2.45) is 0 Å². The van der Waals surface area contributed by atoms with E-state index in [1.54, 1.807) is 12.1 Å². The maximum absolute atomic E-state index is 11.6. The Kier molecular flexibility index (Phi) is 6.71. The number of esters is 2. The van der Waals surface area contributed by atoms with Gasteiger partial charge in [-0.05, 0) is 17.7 Å². The van der Waals surface area contributed by atoms with Crippen LogP contribution in [0.25, 0.3) is 0 Å². The minimum Gasteiger partial charge on any atom is -0.427 e. The number of ether oxygens (including phenoxy) is 3. The van der Waals surface area contributed by atoms with Crippen molar-refractivity contribution >= 4 is 18.4 Å². The summed E-state index contributed by atoms with van der Waals surface area (Å²) in [5.74, 6) is -0.879. The molecule has 124 valence electrons. The maximum Gasteiger partial charge on any atom is 0.313 e. The van der Waals surface area contributed by atoms with E-state index in [1.165, 1.54) is 0 Å². The van der Waals surface area contributed by atoms with E-state index >= 15 is 0 Å². The number of rotatable bonds is 7. The largest absolute Gasteiger partial charge is 0.427 e. The third kappa shape index (κ3) is 6.17. The van der Waals surface area contributed by atoms with Gasteiger partial charge in [0.25, 0.3) is 0 Å². The SMILES string of the molecule is O=COC(=O)CCC(=O)Oc1ccc(CN2CCOCC2)cc1. The molecule has 23 heavy (non-hydrogen) atoms. The van der Waals surface area contributed by atoms with Gasteiger partial charge in [0.2, 0.25) is 0 Å². The summed E-state index contributed by atoms with van der Waals surface area (Å²) in [6, 6.07) is 7.24. The molecule has 1 saturated heterocycles. The first-order valence-corrected chi connectivity index (χ1v) is 7.40. The van der Waals surface area contributed by atoms with Crippen LogP contribution in [0.2, 0.25) is 0 Å². The van der Waals surface area contributed by atoms with E-state index in [1.807, 2.05) is 12.1 Å². The van der Waals surface area contributed by atoms with Gasteiger partial charge in [-0.15, -0.1) is 0 Å². The highest BCUT2D eigenvalue weighted by Gasteiger charge is 2.12. The number of hydrogen-bond acceptors (Lipinski definition) is 7. The molecule has 1 aromatic carbocycles. The molecule has 0 spiro atoms. The molecule has 0 amide bonds. The fourth-order valence-corrected chi connectivity index (χ4v) is 2.18. The average Bonchev–Trinajstić information content (AvgIpc) is 2.56. The molecule has 0 unspecified atom stereocenters.